The minimum absolute atomic E-state index is 0.0754. The molecule has 0 bridgehead atoms. The molecule has 2 fully saturated rings. The summed E-state index contributed by atoms with van der Waals surface area (Å²) in [4.78, 5) is 14.8. The molecule has 3 atom stereocenters. The Labute approximate surface area is 144 Å². The number of likely N-dealkylation sites (tertiary alicyclic amines) is 1. The Morgan fingerprint density at radius 1 is 1.25 bits per heavy atom. The Kier molecular flexibility index (Phi) is 5.57. The van der Waals surface area contributed by atoms with E-state index in [-0.39, 0.29) is 24.0 Å². The van der Waals surface area contributed by atoms with Crippen molar-refractivity contribution < 1.29 is 14.6 Å². The zero-order valence-electron chi connectivity index (χ0n) is 14.8. The molecule has 24 heavy (non-hydrogen) atoms. The third-order valence-electron chi connectivity index (χ3n) is 5.39. The number of rotatable bonds is 4. The summed E-state index contributed by atoms with van der Waals surface area (Å²) in [6, 6.07) is 6.64. The van der Waals surface area contributed by atoms with Crippen LogP contribution < -0.4 is 0 Å². The first kappa shape index (κ1) is 17.4. The molecular formula is C20H29NO3. The first-order chi connectivity index (χ1) is 11.5. The lowest BCUT2D eigenvalue weighted by Gasteiger charge is -2.37. The molecule has 3 rings (SSSR count). The number of ether oxygens (including phenoxy) is 1. The van der Waals surface area contributed by atoms with Crippen LogP contribution in [0.1, 0.15) is 42.4 Å². The van der Waals surface area contributed by atoms with Gasteiger partial charge in [0, 0.05) is 31.5 Å². The molecule has 2 heterocycles. The van der Waals surface area contributed by atoms with Crippen molar-refractivity contribution in [2.24, 2.45) is 5.92 Å². The van der Waals surface area contributed by atoms with Crippen LogP contribution in [0.5, 0.6) is 0 Å². The highest BCUT2D eigenvalue weighted by Gasteiger charge is 2.39. The Balaban J connectivity index is 1.61. The van der Waals surface area contributed by atoms with Crippen LogP contribution in [0.25, 0.3) is 0 Å². The van der Waals surface area contributed by atoms with Crippen LogP contribution >= 0.6 is 0 Å². The van der Waals surface area contributed by atoms with Gasteiger partial charge in [0.25, 0.3) is 0 Å². The second-order valence-electron chi connectivity index (χ2n) is 7.39. The van der Waals surface area contributed by atoms with Crippen molar-refractivity contribution in [3.8, 4) is 0 Å². The normalized spacial score (nSPS) is 27.5. The van der Waals surface area contributed by atoms with E-state index in [0.29, 0.717) is 26.1 Å². The van der Waals surface area contributed by atoms with Crippen LogP contribution in [0.3, 0.4) is 0 Å². The number of hydrogen-bond acceptors (Lipinski definition) is 3. The van der Waals surface area contributed by atoms with Gasteiger partial charge in [0.15, 0.2) is 0 Å². The highest BCUT2D eigenvalue weighted by atomic mass is 16.5. The Bertz CT molecular complexity index is 566. The summed E-state index contributed by atoms with van der Waals surface area (Å²) in [5.41, 5.74) is 3.73. The van der Waals surface area contributed by atoms with Gasteiger partial charge in [0.2, 0.25) is 5.91 Å². The average molecular weight is 331 g/mol. The van der Waals surface area contributed by atoms with Crippen LogP contribution in [0.2, 0.25) is 0 Å². The number of hydrogen-bond donors (Lipinski definition) is 1. The fourth-order valence-corrected chi connectivity index (χ4v) is 4.27. The molecule has 4 heteroatoms. The number of benzene rings is 1. The van der Waals surface area contributed by atoms with Crippen LogP contribution in [0.4, 0.5) is 0 Å². The first-order valence-electron chi connectivity index (χ1n) is 9.17. The average Bonchev–Trinajstić information content (AvgIpc) is 3.01. The summed E-state index contributed by atoms with van der Waals surface area (Å²) in [5, 5.41) is 10.3. The van der Waals surface area contributed by atoms with Gasteiger partial charge < -0.3 is 14.7 Å². The fourth-order valence-electron chi connectivity index (χ4n) is 4.27. The zero-order valence-corrected chi connectivity index (χ0v) is 14.8. The van der Waals surface area contributed by atoms with Crippen molar-refractivity contribution in [2.45, 2.75) is 58.1 Å². The van der Waals surface area contributed by atoms with Crippen molar-refractivity contribution in [2.75, 3.05) is 19.8 Å². The van der Waals surface area contributed by atoms with Gasteiger partial charge in [-0.15, -0.1) is 0 Å². The lowest BCUT2D eigenvalue weighted by molar-refractivity contribution is -0.136. The molecule has 0 saturated carbocycles. The predicted molar refractivity (Wildman–Crippen MR) is 93.9 cm³/mol. The molecule has 0 spiro atoms. The van der Waals surface area contributed by atoms with E-state index in [1.54, 1.807) is 0 Å². The summed E-state index contributed by atoms with van der Waals surface area (Å²) in [6.45, 7) is 6.22. The first-order valence-corrected chi connectivity index (χ1v) is 9.17. The van der Waals surface area contributed by atoms with E-state index < -0.39 is 0 Å². The third-order valence-corrected chi connectivity index (χ3v) is 5.39. The molecule has 1 aromatic rings. The van der Waals surface area contributed by atoms with E-state index in [1.165, 1.54) is 16.7 Å². The lowest BCUT2D eigenvalue weighted by Crippen LogP contribution is -2.48. The summed E-state index contributed by atoms with van der Waals surface area (Å²) < 4.78 is 5.55. The maximum Gasteiger partial charge on any atom is 0.223 e. The fraction of sp³-hybridized carbons (Fsp3) is 0.650. The van der Waals surface area contributed by atoms with Gasteiger partial charge >= 0.3 is 0 Å². The molecule has 2 aliphatic heterocycles. The smallest absolute Gasteiger partial charge is 0.223 e. The number of nitrogens with zero attached hydrogens (tertiary/aromatic N) is 1. The minimum atomic E-state index is -0.337. The molecule has 1 amide bonds. The molecule has 2 aliphatic rings. The van der Waals surface area contributed by atoms with E-state index in [9.17, 15) is 9.90 Å². The second kappa shape index (κ2) is 7.66. The summed E-state index contributed by atoms with van der Waals surface area (Å²) in [6.07, 6.45) is 3.70. The molecule has 132 valence electrons. The molecule has 0 unspecified atom stereocenters. The molecule has 2 saturated heterocycles. The van der Waals surface area contributed by atoms with E-state index in [2.05, 4.69) is 32.0 Å². The number of aliphatic hydroxyl groups is 1. The maximum atomic E-state index is 12.8. The molecule has 0 aliphatic carbocycles. The third kappa shape index (κ3) is 3.98. The molecule has 1 N–H and O–H groups in total. The van der Waals surface area contributed by atoms with Crippen molar-refractivity contribution in [1.29, 1.82) is 0 Å². The maximum absolute atomic E-state index is 12.8. The number of amides is 1. The quantitative estimate of drug-likeness (QED) is 0.923. The van der Waals surface area contributed by atoms with Crippen LogP contribution in [-0.2, 0) is 16.0 Å². The van der Waals surface area contributed by atoms with Crippen LogP contribution in [0, 0.1) is 19.8 Å². The van der Waals surface area contributed by atoms with E-state index in [4.69, 9.17) is 4.74 Å². The van der Waals surface area contributed by atoms with Crippen LogP contribution in [-0.4, -0.2) is 47.8 Å². The van der Waals surface area contributed by atoms with Crippen molar-refractivity contribution in [3.05, 3.63) is 34.9 Å². The number of aryl methyl sites for hydroxylation is 3. The molecule has 0 aromatic heterocycles. The summed E-state index contributed by atoms with van der Waals surface area (Å²) in [5.74, 6) is 0.292. The van der Waals surface area contributed by atoms with Gasteiger partial charge in [0.05, 0.1) is 12.7 Å². The van der Waals surface area contributed by atoms with Gasteiger partial charge in [-0.1, -0.05) is 29.3 Å². The van der Waals surface area contributed by atoms with E-state index >= 15 is 0 Å². The van der Waals surface area contributed by atoms with E-state index in [1.807, 2.05) is 4.90 Å². The zero-order chi connectivity index (χ0) is 17.1. The monoisotopic (exact) mass is 331 g/mol. The minimum Gasteiger partial charge on any atom is -0.393 e. The Hall–Kier alpha value is -1.39. The van der Waals surface area contributed by atoms with Gasteiger partial charge in [-0.25, -0.2) is 0 Å². The number of carbonyl (C=O) groups excluding carboxylic acids is 1. The summed E-state index contributed by atoms with van der Waals surface area (Å²) >= 11 is 0. The highest BCUT2D eigenvalue weighted by Crippen LogP contribution is 2.30. The van der Waals surface area contributed by atoms with Crippen molar-refractivity contribution in [3.63, 3.8) is 0 Å². The highest BCUT2D eigenvalue weighted by molar-refractivity contribution is 5.77. The van der Waals surface area contributed by atoms with Crippen molar-refractivity contribution >= 4 is 5.91 Å². The SMILES string of the molecule is Cc1cc(C)cc(CCC(=O)N2CCC[C@@H]2[C@H]2COCC[C@H]2O)c1. The van der Waals surface area contributed by atoms with Gasteiger partial charge in [-0.2, -0.15) is 0 Å². The molecule has 1 aromatic carbocycles. The van der Waals surface area contributed by atoms with Gasteiger partial charge in [-0.3, -0.25) is 4.79 Å². The standard InChI is InChI=1S/C20H29NO3/c1-14-10-15(2)12-16(11-14)5-6-20(23)21-8-3-4-18(21)17-13-24-9-7-19(17)22/h10-12,17-19,22H,3-9,13H2,1-2H3/t17-,18-,19-/m1/s1. The topological polar surface area (TPSA) is 49.8 Å². The molecule has 4 nitrogen and oxygen atoms in total. The van der Waals surface area contributed by atoms with Crippen LogP contribution in [0.15, 0.2) is 18.2 Å². The lowest BCUT2D eigenvalue weighted by atomic mass is 9.89. The van der Waals surface area contributed by atoms with Gasteiger partial charge in [0.1, 0.15) is 0 Å². The Morgan fingerprint density at radius 3 is 2.71 bits per heavy atom. The van der Waals surface area contributed by atoms with E-state index in [0.717, 1.165) is 25.8 Å². The van der Waals surface area contributed by atoms with Gasteiger partial charge in [-0.05, 0) is 45.1 Å². The summed E-state index contributed by atoms with van der Waals surface area (Å²) in [7, 11) is 0. The predicted octanol–water partition coefficient (Wildman–Crippen LogP) is 2.62. The Morgan fingerprint density at radius 2 is 2.00 bits per heavy atom. The van der Waals surface area contributed by atoms with Crippen molar-refractivity contribution in [1.82, 2.24) is 4.90 Å². The molecular weight excluding hydrogens is 302 g/mol. The number of aliphatic hydroxyl groups excluding tert-OH is 1. The molecule has 0 radical (unpaired) electrons. The number of carbonyl (C=O) groups is 1. The largest absolute Gasteiger partial charge is 0.393 e. The second-order valence-corrected chi connectivity index (χ2v) is 7.39.